The van der Waals surface area contributed by atoms with Gasteiger partial charge in [-0.05, 0) is 64.4 Å². The zero-order valence-corrected chi connectivity index (χ0v) is 27.1. The van der Waals surface area contributed by atoms with E-state index in [0.29, 0.717) is 17.5 Å². The van der Waals surface area contributed by atoms with Gasteiger partial charge in [0.15, 0.2) is 17.5 Å². The lowest BCUT2D eigenvalue weighted by Gasteiger charge is -2.36. The lowest BCUT2D eigenvalue weighted by Crippen LogP contribution is -2.27. The van der Waals surface area contributed by atoms with E-state index >= 15 is 0 Å². The van der Waals surface area contributed by atoms with E-state index in [2.05, 4.69) is 78.9 Å². The fourth-order valence-corrected chi connectivity index (χ4v) is 8.45. The van der Waals surface area contributed by atoms with Crippen molar-refractivity contribution in [2.45, 2.75) is 37.5 Å². The highest BCUT2D eigenvalue weighted by atomic mass is 16.3. The van der Waals surface area contributed by atoms with Crippen molar-refractivity contribution in [1.82, 2.24) is 15.0 Å². The van der Waals surface area contributed by atoms with Crippen molar-refractivity contribution < 1.29 is 4.42 Å². The van der Waals surface area contributed by atoms with E-state index < -0.39 is 0 Å². The molecule has 234 valence electrons. The highest BCUT2D eigenvalue weighted by Gasteiger charge is 2.43. The average Bonchev–Trinajstić information content (AvgIpc) is 3.69. The molecule has 0 unspecified atom stereocenters. The standard InChI is InChI=1S/C45H33N3O/c1-3-12-30(13-4-1)42-46-43(48-44(47-42)35-16-11-19-40-41(35)34-15-6-8-18-39(34)49-40)31-22-20-29(21-23-31)32-24-25-38-36(28-32)33-14-5-7-17-37(33)45(38)26-9-2-10-27-45/h1,3-8,11-25,28H,2,9-10,26-27H2. The summed E-state index contributed by atoms with van der Waals surface area (Å²) >= 11 is 0. The molecule has 49 heavy (non-hydrogen) atoms. The van der Waals surface area contributed by atoms with Crippen LogP contribution < -0.4 is 0 Å². The maximum atomic E-state index is 6.21. The minimum Gasteiger partial charge on any atom is -0.456 e. The van der Waals surface area contributed by atoms with Crippen molar-refractivity contribution in [3.8, 4) is 56.4 Å². The van der Waals surface area contributed by atoms with E-state index in [1.54, 1.807) is 0 Å². The van der Waals surface area contributed by atoms with Crippen molar-refractivity contribution in [2.24, 2.45) is 0 Å². The van der Waals surface area contributed by atoms with E-state index in [4.69, 9.17) is 19.4 Å². The smallest absolute Gasteiger partial charge is 0.164 e. The van der Waals surface area contributed by atoms with Gasteiger partial charge >= 0.3 is 0 Å². The van der Waals surface area contributed by atoms with E-state index in [1.807, 2.05) is 60.7 Å². The Hall–Kier alpha value is -5.87. The second-order valence-corrected chi connectivity index (χ2v) is 13.5. The highest BCUT2D eigenvalue weighted by molar-refractivity contribution is 6.11. The number of para-hydroxylation sites is 1. The van der Waals surface area contributed by atoms with Gasteiger partial charge in [0.05, 0.1) is 0 Å². The molecule has 0 amide bonds. The lowest BCUT2D eigenvalue weighted by atomic mass is 9.68. The third-order valence-corrected chi connectivity index (χ3v) is 10.8. The van der Waals surface area contributed by atoms with Crippen molar-refractivity contribution in [3.05, 3.63) is 151 Å². The van der Waals surface area contributed by atoms with Gasteiger partial charge in [0, 0.05) is 32.9 Å². The molecule has 4 heteroatoms. The summed E-state index contributed by atoms with van der Waals surface area (Å²) in [6, 6.07) is 49.3. The number of rotatable bonds is 4. The van der Waals surface area contributed by atoms with E-state index in [0.717, 1.165) is 38.6 Å². The minimum atomic E-state index is 0.173. The van der Waals surface area contributed by atoms with Gasteiger partial charge in [0.25, 0.3) is 0 Å². The molecular weight excluding hydrogens is 599 g/mol. The lowest BCUT2D eigenvalue weighted by molar-refractivity contribution is 0.353. The predicted octanol–water partition coefficient (Wildman–Crippen LogP) is 11.7. The van der Waals surface area contributed by atoms with Crippen molar-refractivity contribution in [1.29, 1.82) is 0 Å². The maximum absolute atomic E-state index is 6.21. The van der Waals surface area contributed by atoms with Crippen LogP contribution in [0.25, 0.3) is 78.4 Å². The molecule has 2 aliphatic carbocycles. The zero-order chi connectivity index (χ0) is 32.4. The van der Waals surface area contributed by atoms with E-state index in [1.165, 1.54) is 65.5 Å². The molecule has 0 aliphatic heterocycles. The van der Waals surface area contributed by atoms with Crippen LogP contribution >= 0.6 is 0 Å². The number of aromatic nitrogens is 3. The summed E-state index contributed by atoms with van der Waals surface area (Å²) in [6.07, 6.45) is 6.44. The first-order valence-corrected chi connectivity index (χ1v) is 17.3. The summed E-state index contributed by atoms with van der Waals surface area (Å²) in [6.45, 7) is 0. The Kier molecular flexibility index (Phi) is 6.38. The Morgan fingerprint density at radius 2 is 1.04 bits per heavy atom. The first kappa shape index (κ1) is 28.2. The van der Waals surface area contributed by atoms with Gasteiger partial charge in [-0.3, -0.25) is 0 Å². The summed E-state index contributed by atoms with van der Waals surface area (Å²) in [5.74, 6) is 1.91. The molecule has 2 aromatic heterocycles. The fourth-order valence-electron chi connectivity index (χ4n) is 8.45. The normalized spacial score (nSPS) is 14.7. The maximum Gasteiger partial charge on any atom is 0.164 e. The molecule has 1 fully saturated rings. The molecule has 4 nitrogen and oxygen atoms in total. The Morgan fingerprint density at radius 1 is 0.429 bits per heavy atom. The minimum absolute atomic E-state index is 0.173. The highest BCUT2D eigenvalue weighted by Crippen LogP contribution is 2.56. The van der Waals surface area contributed by atoms with Crippen LogP contribution in [-0.2, 0) is 5.41 Å². The van der Waals surface area contributed by atoms with Gasteiger partial charge in [0.2, 0.25) is 0 Å². The van der Waals surface area contributed by atoms with Gasteiger partial charge in [-0.1, -0.05) is 141 Å². The van der Waals surface area contributed by atoms with E-state index in [-0.39, 0.29) is 5.41 Å². The molecule has 0 atom stereocenters. The molecule has 10 rings (SSSR count). The number of furan rings is 1. The number of nitrogens with zero attached hydrogens (tertiary/aromatic N) is 3. The second-order valence-electron chi connectivity index (χ2n) is 13.5. The molecule has 0 bridgehead atoms. The number of hydrogen-bond donors (Lipinski definition) is 0. The van der Waals surface area contributed by atoms with Crippen molar-refractivity contribution >= 4 is 21.9 Å². The molecular formula is C45H33N3O. The van der Waals surface area contributed by atoms with Crippen LogP contribution in [0.4, 0.5) is 0 Å². The van der Waals surface area contributed by atoms with Crippen LogP contribution in [0.1, 0.15) is 43.2 Å². The molecule has 0 radical (unpaired) electrons. The number of benzene rings is 6. The van der Waals surface area contributed by atoms with Gasteiger partial charge in [0.1, 0.15) is 11.2 Å². The Morgan fingerprint density at radius 3 is 1.88 bits per heavy atom. The molecule has 1 saturated carbocycles. The number of hydrogen-bond acceptors (Lipinski definition) is 4. The summed E-state index contributed by atoms with van der Waals surface area (Å²) in [7, 11) is 0. The zero-order valence-electron chi connectivity index (χ0n) is 27.1. The fraction of sp³-hybridized carbons (Fsp3) is 0.133. The molecule has 2 heterocycles. The van der Waals surface area contributed by atoms with Gasteiger partial charge in [-0.25, -0.2) is 15.0 Å². The Labute approximate surface area is 285 Å². The van der Waals surface area contributed by atoms with E-state index in [9.17, 15) is 0 Å². The first-order chi connectivity index (χ1) is 24.2. The summed E-state index contributed by atoms with van der Waals surface area (Å²) < 4.78 is 6.21. The quantitative estimate of drug-likeness (QED) is 0.194. The largest absolute Gasteiger partial charge is 0.456 e. The third kappa shape index (κ3) is 4.48. The number of fused-ring (bicyclic) bond motifs is 8. The Balaban J connectivity index is 1.07. The van der Waals surface area contributed by atoms with Crippen LogP contribution in [0.5, 0.6) is 0 Å². The van der Waals surface area contributed by atoms with Crippen LogP contribution in [0.2, 0.25) is 0 Å². The van der Waals surface area contributed by atoms with Crippen LogP contribution in [0.3, 0.4) is 0 Å². The topological polar surface area (TPSA) is 51.8 Å². The molecule has 0 saturated heterocycles. The SMILES string of the molecule is c1ccc(-c2nc(-c3ccc(-c4ccc5c(c4)-c4ccccc4C54CCCCC4)cc3)nc(-c3cccc4oc5ccccc5c34)n2)cc1. The molecule has 2 aliphatic rings. The van der Waals surface area contributed by atoms with Crippen LogP contribution in [-0.4, -0.2) is 15.0 Å². The van der Waals surface area contributed by atoms with Crippen molar-refractivity contribution in [3.63, 3.8) is 0 Å². The van der Waals surface area contributed by atoms with Crippen LogP contribution in [0.15, 0.2) is 144 Å². The molecule has 0 N–H and O–H groups in total. The predicted molar refractivity (Wildman–Crippen MR) is 198 cm³/mol. The van der Waals surface area contributed by atoms with Gasteiger partial charge in [-0.2, -0.15) is 0 Å². The Bertz CT molecular complexity index is 2520. The third-order valence-electron chi connectivity index (χ3n) is 10.8. The monoisotopic (exact) mass is 631 g/mol. The summed E-state index contributed by atoms with van der Waals surface area (Å²) in [4.78, 5) is 15.1. The van der Waals surface area contributed by atoms with Crippen molar-refractivity contribution in [2.75, 3.05) is 0 Å². The van der Waals surface area contributed by atoms with Gasteiger partial charge in [-0.15, -0.1) is 0 Å². The second kappa shape index (κ2) is 11.1. The molecule has 1 spiro atoms. The summed E-state index contributed by atoms with van der Waals surface area (Å²) in [5, 5.41) is 2.06. The molecule has 6 aromatic carbocycles. The average molecular weight is 632 g/mol. The van der Waals surface area contributed by atoms with Gasteiger partial charge < -0.3 is 4.42 Å². The first-order valence-electron chi connectivity index (χ1n) is 17.3. The summed E-state index contributed by atoms with van der Waals surface area (Å²) in [5.41, 5.74) is 12.9. The molecule has 8 aromatic rings. The van der Waals surface area contributed by atoms with Crippen LogP contribution in [0, 0.1) is 0 Å².